The van der Waals surface area contributed by atoms with Crippen molar-refractivity contribution in [3.63, 3.8) is 0 Å². The molecule has 0 aliphatic carbocycles. The Balaban J connectivity index is 2.16. The lowest BCUT2D eigenvalue weighted by atomic mass is 10.2. The first kappa shape index (κ1) is 14.6. The van der Waals surface area contributed by atoms with Gasteiger partial charge >= 0.3 is 0 Å². The van der Waals surface area contributed by atoms with Crippen LogP contribution in [0.25, 0.3) is 0 Å². The molecule has 0 unspecified atom stereocenters. The van der Waals surface area contributed by atoms with Gasteiger partial charge in [0, 0.05) is 10.8 Å². The second kappa shape index (κ2) is 6.60. The first-order valence-electron chi connectivity index (χ1n) is 6.07. The summed E-state index contributed by atoms with van der Waals surface area (Å²) < 4.78 is 0. The lowest BCUT2D eigenvalue weighted by molar-refractivity contribution is 0.888. The molecule has 6 heteroatoms. The van der Waals surface area contributed by atoms with Gasteiger partial charge in [0.05, 0.1) is 5.69 Å². The largest absolute Gasteiger partial charge is 0.382 e. The fourth-order valence-corrected chi connectivity index (χ4v) is 2.63. The minimum absolute atomic E-state index is 0.248. The molecule has 102 valence electrons. The minimum Gasteiger partial charge on any atom is -0.382 e. The molecule has 1 heterocycles. The van der Waals surface area contributed by atoms with Crippen molar-refractivity contribution in [2.24, 2.45) is 0 Å². The van der Waals surface area contributed by atoms with Crippen LogP contribution < -0.4 is 5.73 Å². The number of hydrogen-bond acceptors (Lipinski definition) is 5. The van der Waals surface area contributed by atoms with E-state index in [1.54, 1.807) is 0 Å². The quantitative estimate of drug-likeness (QED) is 0.691. The lowest BCUT2D eigenvalue weighted by Gasteiger charge is -2.06. The SMILES string of the molecule is CCc1nc(SCc2ccc(Cl)cc2)nc(N)c1C#N. The molecule has 1 aromatic heterocycles. The van der Waals surface area contributed by atoms with Gasteiger partial charge in [-0.2, -0.15) is 5.26 Å². The molecule has 4 nitrogen and oxygen atoms in total. The predicted molar refractivity (Wildman–Crippen MR) is 81.6 cm³/mol. The number of nitrogens with zero attached hydrogens (tertiary/aromatic N) is 3. The smallest absolute Gasteiger partial charge is 0.190 e. The molecule has 0 radical (unpaired) electrons. The van der Waals surface area contributed by atoms with Crippen LogP contribution >= 0.6 is 23.4 Å². The van der Waals surface area contributed by atoms with Crippen LogP contribution in [0.15, 0.2) is 29.4 Å². The number of rotatable bonds is 4. The Morgan fingerprint density at radius 3 is 2.60 bits per heavy atom. The maximum Gasteiger partial charge on any atom is 0.190 e. The Kier molecular flexibility index (Phi) is 4.83. The highest BCUT2D eigenvalue weighted by molar-refractivity contribution is 7.98. The summed E-state index contributed by atoms with van der Waals surface area (Å²) in [6.45, 7) is 1.94. The summed E-state index contributed by atoms with van der Waals surface area (Å²) in [7, 11) is 0. The van der Waals surface area contributed by atoms with E-state index in [0.717, 1.165) is 11.3 Å². The highest BCUT2D eigenvalue weighted by Gasteiger charge is 2.11. The van der Waals surface area contributed by atoms with Gasteiger partial charge in [-0.3, -0.25) is 0 Å². The Labute approximate surface area is 127 Å². The normalized spacial score (nSPS) is 10.2. The molecular formula is C14H13ClN4S. The molecule has 20 heavy (non-hydrogen) atoms. The minimum atomic E-state index is 0.248. The highest BCUT2D eigenvalue weighted by atomic mass is 35.5. The van der Waals surface area contributed by atoms with E-state index in [9.17, 15) is 0 Å². The van der Waals surface area contributed by atoms with Gasteiger partial charge in [-0.05, 0) is 24.1 Å². The number of nitriles is 1. The van der Waals surface area contributed by atoms with E-state index in [2.05, 4.69) is 9.97 Å². The van der Waals surface area contributed by atoms with Crippen molar-refractivity contribution < 1.29 is 0 Å². The number of aryl methyl sites for hydroxylation is 1. The van der Waals surface area contributed by atoms with Crippen molar-refractivity contribution in [3.05, 3.63) is 46.1 Å². The number of thioether (sulfide) groups is 1. The fourth-order valence-electron chi connectivity index (χ4n) is 1.67. The molecule has 2 N–H and O–H groups in total. The van der Waals surface area contributed by atoms with Crippen molar-refractivity contribution in [1.82, 2.24) is 9.97 Å². The summed E-state index contributed by atoms with van der Waals surface area (Å²) in [5.41, 5.74) is 7.99. The van der Waals surface area contributed by atoms with E-state index in [1.165, 1.54) is 11.8 Å². The standard InChI is InChI=1S/C14H13ClN4S/c1-2-12-11(7-16)13(17)19-14(18-12)20-8-9-3-5-10(15)6-4-9/h3-6H,2,8H2,1H3,(H2,17,18,19). The number of aromatic nitrogens is 2. The van der Waals surface area contributed by atoms with Gasteiger partial charge in [0.1, 0.15) is 17.5 Å². The summed E-state index contributed by atoms with van der Waals surface area (Å²) in [6, 6.07) is 9.67. The number of anilines is 1. The zero-order valence-corrected chi connectivity index (χ0v) is 12.5. The highest BCUT2D eigenvalue weighted by Crippen LogP contribution is 2.23. The van der Waals surface area contributed by atoms with E-state index in [4.69, 9.17) is 22.6 Å². The van der Waals surface area contributed by atoms with Crippen LogP contribution in [0.2, 0.25) is 5.02 Å². The molecule has 0 fully saturated rings. The maximum atomic E-state index is 9.03. The van der Waals surface area contributed by atoms with Crippen molar-refractivity contribution >= 4 is 29.2 Å². The molecule has 0 amide bonds. The Morgan fingerprint density at radius 1 is 1.30 bits per heavy atom. The summed E-state index contributed by atoms with van der Waals surface area (Å²) in [5, 5.41) is 10.3. The summed E-state index contributed by atoms with van der Waals surface area (Å²) in [4.78, 5) is 8.55. The van der Waals surface area contributed by atoms with Crippen molar-refractivity contribution in [2.45, 2.75) is 24.3 Å². The maximum absolute atomic E-state index is 9.03. The molecule has 2 rings (SSSR count). The number of hydrogen-bond donors (Lipinski definition) is 1. The van der Waals surface area contributed by atoms with Crippen LogP contribution in [-0.2, 0) is 12.2 Å². The summed E-state index contributed by atoms with van der Waals surface area (Å²) in [6.07, 6.45) is 0.657. The molecule has 0 saturated heterocycles. The van der Waals surface area contributed by atoms with Gasteiger partial charge in [-0.15, -0.1) is 0 Å². The molecular weight excluding hydrogens is 292 g/mol. The van der Waals surface area contributed by atoms with E-state index >= 15 is 0 Å². The van der Waals surface area contributed by atoms with Crippen molar-refractivity contribution in [2.75, 3.05) is 5.73 Å². The predicted octanol–water partition coefficient (Wildman–Crippen LogP) is 3.44. The first-order chi connectivity index (χ1) is 9.63. The Morgan fingerprint density at radius 2 is 2.00 bits per heavy atom. The van der Waals surface area contributed by atoms with Crippen molar-refractivity contribution in [1.29, 1.82) is 5.26 Å². The number of nitrogens with two attached hydrogens (primary N) is 1. The van der Waals surface area contributed by atoms with Gasteiger partial charge in [0.2, 0.25) is 0 Å². The van der Waals surface area contributed by atoms with Gasteiger partial charge in [0.15, 0.2) is 5.16 Å². The zero-order valence-electron chi connectivity index (χ0n) is 10.9. The van der Waals surface area contributed by atoms with E-state index in [-0.39, 0.29) is 5.82 Å². The lowest BCUT2D eigenvalue weighted by Crippen LogP contribution is -2.04. The molecule has 0 spiro atoms. The third kappa shape index (κ3) is 3.41. The van der Waals surface area contributed by atoms with Crippen LogP contribution in [0, 0.1) is 11.3 Å². The first-order valence-corrected chi connectivity index (χ1v) is 7.44. The summed E-state index contributed by atoms with van der Waals surface area (Å²) in [5.74, 6) is 0.976. The van der Waals surface area contributed by atoms with E-state index in [1.807, 2.05) is 37.3 Å². The topological polar surface area (TPSA) is 75.6 Å². The van der Waals surface area contributed by atoms with Gasteiger partial charge < -0.3 is 5.73 Å². The second-order valence-electron chi connectivity index (χ2n) is 4.09. The number of nitrogen functional groups attached to an aromatic ring is 1. The monoisotopic (exact) mass is 304 g/mol. The van der Waals surface area contributed by atoms with Crippen molar-refractivity contribution in [3.8, 4) is 6.07 Å². The molecule has 0 aliphatic heterocycles. The molecule has 1 aromatic carbocycles. The van der Waals surface area contributed by atoms with Gasteiger partial charge in [-0.25, -0.2) is 9.97 Å². The molecule has 0 bridgehead atoms. The van der Waals surface area contributed by atoms with Crippen LogP contribution in [0.1, 0.15) is 23.7 Å². The van der Waals surface area contributed by atoms with Crippen LogP contribution in [-0.4, -0.2) is 9.97 Å². The van der Waals surface area contributed by atoms with Gasteiger partial charge in [0.25, 0.3) is 0 Å². The second-order valence-corrected chi connectivity index (χ2v) is 5.47. The average molecular weight is 305 g/mol. The van der Waals surface area contributed by atoms with Crippen LogP contribution in [0.3, 0.4) is 0 Å². The number of halogens is 1. The average Bonchev–Trinajstić information content (AvgIpc) is 2.46. The molecule has 0 atom stereocenters. The molecule has 2 aromatic rings. The molecule has 0 saturated carbocycles. The van der Waals surface area contributed by atoms with E-state index in [0.29, 0.717) is 27.9 Å². The van der Waals surface area contributed by atoms with Crippen LogP contribution in [0.5, 0.6) is 0 Å². The number of benzene rings is 1. The fraction of sp³-hybridized carbons (Fsp3) is 0.214. The zero-order chi connectivity index (χ0) is 14.5. The van der Waals surface area contributed by atoms with E-state index < -0.39 is 0 Å². The van der Waals surface area contributed by atoms with Gasteiger partial charge in [-0.1, -0.05) is 42.4 Å². The Bertz CT molecular complexity index is 649. The summed E-state index contributed by atoms with van der Waals surface area (Å²) >= 11 is 7.33. The molecule has 0 aliphatic rings. The van der Waals surface area contributed by atoms with Crippen LogP contribution in [0.4, 0.5) is 5.82 Å². The Hall–Kier alpha value is -1.77. The third-order valence-corrected chi connectivity index (χ3v) is 3.89. The third-order valence-electron chi connectivity index (χ3n) is 2.72.